The van der Waals surface area contributed by atoms with E-state index in [-0.39, 0.29) is 18.4 Å². The average molecular weight is 160 g/mol. The minimum Gasteiger partial charge on any atom is -0.409 e. The van der Waals surface area contributed by atoms with Gasteiger partial charge in [-0.15, -0.1) is 0 Å². The van der Waals surface area contributed by atoms with Crippen molar-refractivity contribution in [2.45, 2.75) is 0 Å². The van der Waals surface area contributed by atoms with Gasteiger partial charge in [0.05, 0.1) is 6.54 Å². The van der Waals surface area contributed by atoms with Gasteiger partial charge in [0.15, 0.2) is 5.84 Å². The molecular formula is C5H12N4O2. The zero-order valence-electron chi connectivity index (χ0n) is 6.53. The van der Waals surface area contributed by atoms with Crippen LogP contribution in [0, 0.1) is 0 Å². The van der Waals surface area contributed by atoms with Crippen molar-refractivity contribution in [3.8, 4) is 0 Å². The number of amidine groups is 1. The fourth-order valence-corrected chi connectivity index (χ4v) is 0.360. The smallest absolute Gasteiger partial charge is 0.317 e. The Morgan fingerprint density at radius 1 is 1.73 bits per heavy atom. The third kappa shape index (κ3) is 4.01. The fourth-order valence-electron chi connectivity index (χ4n) is 0.360. The van der Waals surface area contributed by atoms with Gasteiger partial charge in [-0.25, -0.2) is 4.79 Å². The van der Waals surface area contributed by atoms with E-state index in [1.165, 1.54) is 4.90 Å². The second-order valence-corrected chi connectivity index (χ2v) is 2.14. The van der Waals surface area contributed by atoms with Crippen LogP contribution in [-0.4, -0.2) is 42.6 Å². The van der Waals surface area contributed by atoms with E-state index in [4.69, 9.17) is 10.9 Å². The average Bonchev–Trinajstić information content (AvgIpc) is 1.99. The molecule has 0 aromatic carbocycles. The summed E-state index contributed by atoms with van der Waals surface area (Å²) in [6.07, 6.45) is 0. The maximum Gasteiger partial charge on any atom is 0.317 e. The lowest BCUT2D eigenvalue weighted by atomic mass is 10.6. The first-order valence-corrected chi connectivity index (χ1v) is 2.99. The van der Waals surface area contributed by atoms with Gasteiger partial charge in [0.1, 0.15) is 0 Å². The van der Waals surface area contributed by atoms with Crippen molar-refractivity contribution in [1.29, 1.82) is 0 Å². The highest BCUT2D eigenvalue weighted by Gasteiger charge is 2.01. The van der Waals surface area contributed by atoms with Crippen molar-refractivity contribution in [3.63, 3.8) is 0 Å². The number of hydrogen-bond donors (Lipinski definition) is 3. The number of nitrogens with one attached hydrogen (secondary N) is 1. The standard InChI is InChI=1S/C5H12N4O2/c1-9(2)5(10)7-3-4(6)8-11/h11H,3H2,1-2H3,(H2,6,8)(H,7,10). The molecule has 6 heteroatoms. The van der Waals surface area contributed by atoms with Gasteiger partial charge in [0, 0.05) is 14.1 Å². The summed E-state index contributed by atoms with van der Waals surface area (Å²) in [4.78, 5) is 12.1. The molecule has 2 amide bonds. The van der Waals surface area contributed by atoms with Crippen LogP contribution in [0.4, 0.5) is 4.79 Å². The normalized spacial score (nSPS) is 10.9. The van der Waals surface area contributed by atoms with Crippen molar-refractivity contribution in [1.82, 2.24) is 10.2 Å². The van der Waals surface area contributed by atoms with E-state index in [0.29, 0.717) is 0 Å². The Morgan fingerprint density at radius 3 is 2.64 bits per heavy atom. The third-order valence-electron chi connectivity index (χ3n) is 0.955. The van der Waals surface area contributed by atoms with Gasteiger partial charge in [-0.2, -0.15) is 0 Å². The molecule has 0 heterocycles. The summed E-state index contributed by atoms with van der Waals surface area (Å²) >= 11 is 0. The van der Waals surface area contributed by atoms with Crippen molar-refractivity contribution < 1.29 is 10.0 Å². The van der Waals surface area contributed by atoms with Crippen molar-refractivity contribution in [2.24, 2.45) is 10.9 Å². The number of nitrogens with two attached hydrogens (primary N) is 1. The van der Waals surface area contributed by atoms with Crippen LogP contribution in [0.5, 0.6) is 0 Å². The van der Waals surface area contributed by atoms with Crippen molar-refractivity contribution in [2.75, 3.05) is 20.6 Å². The number of rotatable bonds is 2. The van der Waals surface area contributed by atoms with Crippen LogP contribution in [0.1, 0.15) is 0 Å². The number of oxime groups is 1. The highest BCUT2D eigenvalue weighted by atomic mass is 16.4. The lowest BCUT2D eigenvalue weighted by molar-refractivity contribution is 0.218. The Balaban J connectivity index is 3.63. The number of carbonyl (C=O) groups excluding carboxylic acids is 1. The van der Waals surface area contributed by atoms with Gasteiger partial charge in [0.25, 0.3) is 0 Å². The summed E-state index contributed by atoms with van der Waals surface area (Å²) in [5.41, 5.74) is 5.09. The summed E-state index contributed by atoms with van der Waals surface area (Å²) in [6.45, 7) is 0.0491. The minimum absolute atomic E-state index is 0.0276. The Bertz CT molecular complexity index is 166. The minimum atomic E-state index is -0.281. The summed E-state index contributed by atoms with van der Waals surface area (Å²) in [5, 5.41) is 13.2. The fraction of sp³-hybridized carbons (Fsp3) is 0.600. The van der Waals surface area contributed by atoms with Crippen LogP contribution in [0.3, 0.4) is 0 Å². The molecule has 0 spiro atoms. The molecule has 0 atom stereocenters. The van der Waals surface area contributed by atoms with E-state index in [1.54, 1.807) is 14.1 Å². The molecule has 0 fully saturated rings. The molecule has 64 valence electrons. The predicted octanol–water partition coefficient (Wildman–Crippen LogP) is -0.996. The number of nitrogens with zero attached hydrogens (tertiary/aromatic N) is 2. The van der Waals surface area contributed by atoms with E-state index < -0.39 is 0 Å². The van der Waals surface area contributed by atoms with Crippen LogP contribution in [0.25, 0.3) is 0 Å². The largest absolute Gasteiger partial charge is 0.409 e. The molecule has 0 bridgehead atoms. The van der Waals surface area contributed by atoms with Crippen LogP contribution < -0.4 is 11.1 Å². The number of hydrogen-bond acceptors (Lipinski definition) is 3. The first-order valence-electron chi connectivity index (χ1n) is 2.99. The molecule has 0 unspecified atom stereocenters. The molecule has 11 heavy (non-hydrogen) atoms. The summed E-state index contributed by atoms with van der Waals surface area (Å²) in [6, 6.07) is -0.281. The van der Waals surface area contributed by atoms with Crippen LogP contribution in [0.2, 0.25) is 0 Å². The molecule has 6 nitrogen and oxygen atoms in total. The van der Waals surface area contributed by atoms with Crippen LogP contribution >= 0.6 is 0 Å². The monoisotopic (exact) mass is 160 g/mol. The molecule has 0 aromatic heterocycles. The van der Waals surface area contributed by atoms with Gasteiger partial charge in [-0.05, 0) is 0 Å². The topological polar surface area (TPSA) is 91.0 Å². The van der Waals surface area contributed by atoms with Crippen molar-refractivity contribution >= 4 is 11.9 Å². The maximum atomic E-state index is 10.8. The Labute approximate surface area is 64.7 Å². The Kier molecular flexibility index (Phi) is 3.79. The van der Waals surface area contributed by atoms with E-state index in [0.717, 1.165) is 0 Å². The van der Waals surface area contributed by atoms with Crippen LogP contribution in [0.15, 0.2) is 5.16 Å². The molecule has 0 radical (unpaired) electrons. The molecular weight excluding hydrogens is 148 g/mol. The summed E-state index contributed by atoms with van der Waals surface area (Å²) in [5.74, 6) is -0.0276. The zero-order valence-corrected chi connectivity index (χ0v) is 6.53. The molecule has 4 N–H and O–H groups in total. The first-order chi connectivity index (χ1) is 5.07. The molecule has 0 rings (SSSR count). The van der Waals surface area contributed by atoms with Crippen molar-refractivity contribution in [3.05, 3.63) is 0 Å². The highest BCUT2D eigenvalue weighted by molar-refractivity contribution is 5.86. The molecule has 0 aliphatic heterocycles. The molecule has 0 saturated carbocycles. The summed E-state index contributed by atoms with van der Waals surface area (Å²) < 4.78 is 0. The van der Waals surface area contributed by atoms with Crippen LogP contribution in [-0.2, 0) is 0 Å². The zero-order chi connectivity index (χ0) is 8.85. The number of urea groups is 1. The van der Waals surface area contributed by atoms with Gasteiger partial charge in [-0.1, -0.05) is 5.16 Å². The third-order valence-corrected chi connectivity index (χ3v) is 0.955. The van der Waals surface area contributed by atoms with Gasteiger partial charge in [0.2, 0.25) is 0 Å². The van der Waals surface area contributed by atoms with E-state index >= 15 is 0 Å². The lowest BCUT2D eigenvalue weighted by Crippen LogP contribution is -2.39. The quantitative estimate of drug-likeness (QED) is 0.209. The SMILES string of the molecule is CN(C)C(=O)NCC(N)=NO. The van der Waals surface area contributed by atoms with Gasteiger partial charge in [-0.3, -0.25) is 0 Å². The van der Waals surface area contributed by atoms with Gasteiger partial charge >= 0.3 is 6.03 Å². The number of amides is 2. The maximum absolute atomic E-state index is 10.8. The second-order valence-electron chi connectivity index (χ2n) is 2.14. The molecule has 0 aromatic rings. The highest BCUT2D eigenvalue weighted by Crippen LogP contribution is 1.75. The van der Waals surface area contributed by atoms with E-state index in [9.17, 15) is 4.79 Å². The predicted molar refractivity (Wildman–Crippen MR) is 40.5 cm³/mol. The second kappa shape index (κ2) is 4.37. The summed E-state index contributed by atoms with van der Waals surface area (Å²) in [7, 11) is 3.20. The Hall–Kier alpha value is -1.46. The molecule has 0 aliphatic rings. The van der Waals surface area contributed by atoms with Gasteiger partial charge < -0.3 is 21.2 Å². The molecule has 0 saturated heterocycles. The first kappa shape index (κ1) is 9.54. The lowest BCUT2D eigenvalue weighted by Gasteiger charge is -2.10. The van der Waals surface area contributed by atoms with E-state index in [2.05, 4.69) is 10.5 Å². The number of carbonyl (C=O) groups is 1. The molecule has 0 aliphatic carbocycles. The van der Waals surface area contributed by atoms with E-state index in [1.807, 2.05) is 0 Å². The Morgan fingerprint density at radius 2 is 2.27 bits per heavy atom.